The van der Waals surface area contributed by atoms with Crippen molar-refractivity contribution in [1.29, 1.82) is 0 Å². The fourth-order valence-corrected chi connectivity index (χ4v) is 3.17. The molecule has 17 heavy (non-hydrogen) atoms. The van der Waals surface area contributed by atoms with Crippen molar-refractivity contribution < 1.29 is 4.79 Å². The van der Waals surface area contributed by atoms with Crippen molar-refractivity contribution in [2.24, 2.45) is 0 Å². The average molecular weight is 233 g/mol. The van der Waals surface area contributed by atoms with Crippen LogP contribution in [0.1, 0.15) is 52.4 Å². The molecule has 0 spiro atoms. The molecule has 0 unspecified atom stereocenters. The van der Waals surface area contributed by atoms with Gasteiger partial charge < -0.3 is 4.90 Å². The van der Waals surface area contributed by atoms with Gasteiger partial charge in [0.15, 0.2) is 5.78 Å². The van der Waals surface area contributed by atoms with Crippen molar-refractivity contribution in [2.75, 3.05) is 0 Å². The lowest BCUT2D eigenvalue weighted by atomic mass is 9.93. The third kappa shape index (κ3) is 2.46. The van der Waals surface area contributed by atoms with Gasteiger partial charge in [-0.25, -0.2) is 0 Å². The van der Waals surface area contributed by atoms with Crippen LogP contribution in [-0.4, -0.2) is 22.8 Å². The number of carbonyl (C=O) groups excluding carboxylic acids is 1. The minimum absolute atomic E-state index is 0.165. The number of nitrogens with zero attached hydrogens (tertiary/aromatic N) is 1. The first kappa shape index (κ1) is 12.4. The van der Waals surface area contributed by atoms with Crippen LogP contribution in [0.3, 0.4) is 0 Å². The molecular formula is C15H23NO. The summed E-state index contributed by atoms with van der Waals surface area (Å²) in [5.41, 5.74) is 1.37. The smallest absolute Gasteiger partial charge is 0.154 e. The van der Waals surface area contributed by atoms with Gasteiger partial charge >= 0.3 is 0 Å². The maximum atomic E-state index is 12.0. The first-order valence-corrected chi connectivity index (χ1v) is 6.90. The molecule has 94 valence electrons. The first-order valence-electron chi connectivity index (χ1n) is 6.90. The van der Waals surface area contributed by atoms with Gasteiger partial charge in [0.1, 0.15) is 0 Å². The Kier molecular flexibility index (Phi) is 4.03. The third-order valence-electron chi connectivity index (χ3n) is 4.01. The molecule has 2 aliphatic rings. The molecule has 0 N–H and O–H groups in total. The second-order valence-electron chi connectivity index (χ2n) is 5.05. The van der Waals surface area contributed by atoms with E-state index in [2.05, 4.69) is 23.1 Å². The number of ketones is 1. The monoisotopic (exact) mass is 233 g/mol. The molecule has 0 radical (unpaired) electrons. The Labute approximate surface area is 104 Å². The highest BCUT2D eigenvalue weighted by Gasteiger charge is 2.38. The summed E-state index contributed by atoms with van der Waals surface area (Å²) in [5.74, 6) is 0.419. The van der Waals surface area contributed by atoms with Gasteiger partial charge in [0.25, 0.3) is 0 Å². The van der Waals surface area contributed by atoms with Gasteiger partial charge in [0.05, 0.1) is 6.04 Å². The predicted molar refractivity (Wildman–Crippen MR) is 70.7 cm³/mol. The Bertz CT molecular complexity index is 343. The van der Waals surface area contributed by atoms with E-state index in [1.165, 1.54) is 25.0 Å². The van der Waals surface area contributed by atoms with Crippen molar-refractivity contribution in [1.82, 2.24) is 4.90 Å². The van der Waals surface area contributed by atoms with E-state index in [9.17, 15) is 4.79 Å². The van der Waals surface area contributed by atoms with Gasteiger partial charge in [0, 0.05) is 18.2 Å². The average Bonchev–Trinajstić information content (AvgIpc) is 2.78. The summed E-state index contributed by atoms with van der Waals surface area (Å²) < 4.78 is 0. The Balaban J connectivity index is 2.20. The van der Waals surface area contributed by atoms with E-state index in [-0.39, 0.29) is 6.04 Å². The standard InChI is InChI=1S/C15H23NO/c1-3-5-7-12-10-11-13-8-6-9-14(16(12)13)15(17)4-2/h3,5,7,13-14H,4,6,8-11H2,1-2H3/b5-3+,12-7+/t13-,14-/m1/s1. The quantitative estimate of drug-likeness (QED) is 0.744. The normalized spacial score (nSPS) is 31.2. The zero-order valence-corrected chi connectivity index (χ0v) is 11.0. The maximum absolute atomic E-state index is 12.0. The summed E-state index contributed by atoms with van der Waals surface area (Å²) in [5, 5.41) is 0. The minimum atomic E-state index is 0.165. The van der Waals surface area contributed by atoms with Gasteiger partial charge in [-0.15, -0.1) is 0 Å². The van der Waals surface area contributed by atoms with Crippen LogP contribution >= 0.6 is 0 Å². The molecule has 2 aliphatic heterocycles. The molecule has 0 aliphatic carbocycles. The molecule has 0 saturated carbocycles. The predicted octanol–water partition coefficient (Wildman–Crippen LogP) is 3.44. The summed E-state index contributed by atoms with van der Waals surface area (Å²) in [6, 6.07) is 0.790. The number of hydrogen-bond acceptors (Lipinski definition) is 2. The second-order valence-corrected chi connectivity index (χ2v) is 5.05. The van der Waals surface area contributed by atoms with E-state index in [1.807, 2.05) is 13.8 Å². The molecule has 2 saturated heterocycles. The van der Waals surface area contributed by atoms with Crippen LogP contribution in [-0.2, 0) is 4.79 Å². The van der Waals surface area contributed by atoms with Crippen LogP contribution in [0.15, 0.2) is 23.9 Å². The van der Waals surface area contributed by atoms with Crippen LogP contribution in [0.25, 0.3) is 0 Å². The lowest BCUT2D eigenvalue weighted by Crippen LogP contribution is -2.46. The molecule has 2 rings (SSSR count). The van der Waals surface area contributed by atoms with E-state index in [0.29, 0.717) is 18.2 Å². The first-order chi connectivity index (χ1) is 8.27. The highest BCUT2D eigenvalue weighted by atomic mass is 16.1. The number of rotatable bonds is 3. The van der Waals surface area contributed by atoms with Crippen molar-refractivity contribution in [3.8, 4) is 0 Å². The van der Waals surface area contributed by atoms with Crippen molar-refractivity contribution in [3.05, 3.63) is 23.9 Å². The Morgan fingerprint density at radius 2 is 2.24 bits per heavy atom. The fraction of sp³-hybridized carbons (Fsp3) is 0.667. The molecule has 0 bridgehead atoms. The molecule has 0 aromatic rings. The topological polar surface area (TPSA) is 20.3 Å². The number of allylic oxidation sites excluding steroid dienone is 4. The van der Waals surface area contributed by atoms with Crippen molar-refractivity contribution >= 4 is 5.78 Å². The number of fused-ring (bicyclic) bond motifs is 1. The summed E-state index contributed by atoms with van der Waals surface area (Å²) >= 11 is 0. The summed E-state index contributed by atoms with van der Waals surface area (Å²) in [4.78, 5) is 14.5. The van der Waals surface area contributed by atoms with Gasteiger partial charge in [-0.1, -0.05) is 19.1 Å². The Morgan fingerprint density at radius 1 is 1.41 bits per heavy atom. The Hall–Kier alpha value is -1.05. The molecular weight excluding hydrogens is 210 g/mol. The van der Waals surface area contributed by atoms with E-state index in [0.717, 1.165) is 12.8 Å². The molecule has 2 atom stereocenters. The van der Waals surface area contributed by atoms with Crippen LogP contribution in [0, 0.1) is 0 Å². The number of hydrogen-bond donors (Lipinski definition) is 0. The van der Waals surface area contributed by atoms with Crippen molar-refractivity contribution in [3.63, 3.8) is 0 Å². The van der Waals surface area contributed by atoms with Gasteiger partial charge in [-0.2, -0.15) is 0 Å². The van der Waals surface area contributed by atoms with Crippen LogP contribution in [0.5, 0.6) is 0 Å². The van der Waals surface area contributed by atoms with Crippen LogP contribution < -0.4 is 0 Å². The Morgan fingerprint density at radius 3 is 2.94 bits per heavy atom. The number of carbonyl (C=O) groups is 1. The number of piperidine rings is 1. The van der Waals surface area contributed by atoms with E-state index < -0.39 is 0 Å². The highest BCUT2D eigenvalue weighted by molar-refractivity contribution is 5.84. The zero-order chi connectivity index (χ0) is 12.3. The maximum Gasteiger partial charge on any atom is 0.154 e. The fourth-order valence-electron chi connectivity index (χ4n) is 3.17. The molecule has 0 aromatic heterocycles. The van der Waals surface area contributed by atoms with Crippen molar-refractivity contribution in [2.45, 2.75) is 64.5 Å². The van der Waals surface area contributed by atoms with Crippen LogP contribution in [0.4, 0.5) is 0 Å². The van der Waals surface area contributed by atoms with E-state index in [4.69, 9.17) is 0 Å². The lowest BCUT2D eigenvalue weighted by molar-refractivity contribution is -0.124. The largest absolute Gasteiger partial charge is 0.362 e. The molecule has 2 heteroatoms. The van der Waals surface area contributed by atoms with Gasteiger partial charge in [-0.3, -0.25) is 4.79 Å². The molecule has 2 fully saturated rings. The van der Waals surface area contributed by atoms with E-state index >= 15 is 0 Å². The van der Waals surface area contributed by atoms with Crippen LogP contribution in [0.2, 0.25) is 0 Å². The highest BCUT2D eigenvalue weighted by Crippen LogP contribution is 2.38. The molecule has 2 heterocycles. The third-order valence-corrected chi connectivity index (χ3v) is 4.01. The van der Waals surface area contributed by atoms with E-state index in [1.54, 1.807) is 0 Å². The number of Topliss-reactive ketones (excluding diaryl/α,β-unsaturated/α-hetero) is 1. The summed E-state index contributed by atoms with van der Waals surface area (Å²) in [6.45, 7) is 4.02. The van der Waals surface area contributed by atoms with Gasteiger partial charge in [-0.05, 0) is 45.1 Å². The zero-order valence-electron chi connectivity index (χ0n) is 11.0. The lowest BCUT2D eigenvalue weighted by Gasteiger charge is -2.39. The summed E-state index contributed by atoms with van der Waals surface area (Å²) in [6.07, 6.45) is 12.9. The summed E-state index contributed by atoms with van der Waals surface area (Å²) in [7, 11) is 0. The second kappa shape index (κ2) is 5.52. The van der Waals surface area contributed by atoms with Gasteiger partial charge in [0.2, 0.25) is 0 Å². The SMILES string of the molecule is C/C=C/C=C1\CC[C@H]2CCC[C@H](C(=O)CC)N12. The molecule has 0 amide bonds. The minimum Gasteiger partial charge on any atom is -0.362 e. The molecule has 0 aromatic carbocycles. The molecule has 2 nitrogen and oxygen atoms in total.